The van der Waals surface area contributed by atoms with E-state index in [4.69, 9.17) is 4.52 Å². The van der Waals surface area contributed by atoms with Crippen molar-refractivity contribution in [2.45, 2.75) is 26.9 Å². The standard InChI is InChI=1S/C18H26N4O2S/c1-4-21-6-8-22(9-7-21)12-15-11-16(19-24-15)18(23)20(3)13-17-14(2)5-10-25-17/h5,10-11H,4,6-9,12-13H2,1-3H3. The van der Waals surface area contributed by atoms with E-state index >= 15 is 0 Å². The van der Waals surface area contributed by atoms with Crippen LogP contribution in [-0.4, -0.2) is 65.5 Å². The highest BCUT2D eigenvalue weighted by Gasteiger charge is 2.21. The molecule has 7 heteroatoms. The molecule has 0 unspecified atom stereocenters. The van der Waals surface area contributed by atoms with Gasteiger partial charge in [0, 0.05) is 44.2 Å². The molecule has 2 aromatic heterocycles. The number of nitrogens with zero attached hydrogens (tertiary/aromatic N) is 4. The molecule has 0 saturated carbocycles. The highest BCUT2D eigenvalue weighted by Crippen LogP contribution is 2.18. The summed E-state index contributed by atoms with van der Waals surface area (Å²) >= 11 is 1.67. The van der Waals surface area contributed by atoms with Crippen LogP contribution < -0.4 is 0 Å². The predicted octanol–water partition coefficient (Wildman–Crippen LogP) is 2.45. The van der Waals surface area contributed by atoms with Crippen LogP contribution in [0.1, 0.15) is 33.6 Å². The van der Waals surface area contributed by atoms with Crippen LogP contribution in [0.3, 0.4) is 0 Å². The topological polar surface area (TPSA) is 52.8 Å². The zero-order chi connectivity index (χ0) is 17.8. The van der Waals surface area contributed by atoms with Crippen LogP contribution in [0, 0.1) is 6.92 Å². The normalized spacial score (nSPS) is 16.3. The van der Waals surface area contributed by atoms with Crippen molar-refractivity contribution >= 4 is 17.2 Å². The van der Waals surface area contributed by atoms with Crippen molar-refractivity contribution in [1.29, 1.82) is 0 Å². The van der Waals surface area contributed by atoms with E-state index in [-0.39, 0.29) is 5.91 Å². The summed E-state index contributed by atoms with van der Waals surface area (Å²) in [7, 11) is 1.81. The Bertz CT molecular complexity index is 704. The summed E-state index contributed by atoms with van der Waals surface area (Å²) in [5.41, 5.74) is 1.61. The fraction of sp³-hybridized carbons (Fsp3) is 0.556. The fourth-order valence-corrected chi connectivity index (χ4v) is 3.98. The van der Waals surface area contributed by atoms with Gasteiger partial charge in [0.2, 0.25) is 0 Å². The molecule has 2 aromatic rings. The second kappa shape index (κ2) is 8.12. The molecule has 3 rings (SSSR count). The monoisotopic (exact) mass is 362 g/mol. The second-order valence-corrected chi connectivity index (χ2v) is 7.58. The van der Waals surface area contributed by atoms with E-state index in [1.165, 1.54) is 10.4 Å². The van der Waals surface area contributed by atoms with Crippen LogP contribution in [-0.2, 0) is 13.1 Å². The Morgan fingerprint density at radius 2 is 2.04 bits per heavy atom. The Morgan fingerprint density at radius 3 is 2.68 bits per heavy atom. The maximum Gasteiger partial charge on any atom is 0.276 e. The molecule has 0 aromatic carbocycles. The minimum Gasteiger partial charge on any atom is -0.359 e. The summed E-state index contributed by atoms with van der Waals surface area (Å²) in [6, 6.07) is 3.86. The Kier molecular flexibility index (Phi) is 5.88. The molecule has 0 aliphatic carbocycles. The molecule has 6 nitrogen and oxygen atoms in total. The SMILES string of the molecule is CCN1CCN(Cc2cc(C(=O)N(C)Cc3sccc3C)no2)CC1. The molecule has 0 N–H and O–H groups in total. The van der Waals surface area contributed by atoms with Crippen LogP contribution >= 0.6 is 11.3 Å². The Balaban J connectivity index is 1.55. The third-order valence-electron chi connectivity index (χ3n) is 4.77. The molecule has 1 fully saturated rings. The zero-order valence-electron chi connectivity index (χ0n) is 15.2. The maximum atomic E-state index is 12.6. The van der Waals surface area contributed by atoms with Crippen LogP contribution in [0.25, 0.3) is 0 Å². The Morgan fingerprint density at radius 1 is 1.32 bits per heavy atom. The lowest BCUT2D eigenvalue weighted by Crippen LogP contribution is -2.45. The van der Waals surface area contributed by atoms with E-state index in [2.05, 4.69) is 40.3 Å². The largest absolute Gasteiger partial charge is 0.359 e. The van der Waals surface area contributed by atoms with Crippen LogP contribution in [0.15, 0.2) is 22.0 Å². The van der Waals surface area contributed by atoms with Crippen molar-refractivity contribution in [3.8, 4) is 0 Å². The molecule has 1 amide bonds. The van der Waals surface area contributed by atoms with Gasteiger partial charge in [0.15, 0.2) is 11.5 Å². The Hall–Kier alpha value is -1.70. The molecule has 1 saturated heterocycles. The van der Waals surface area contributed by atoms with E-state index in [0.717, 1.165) is 38.5 Å². The van der Waals surface area contributed by atoms with E-state index in [1.807, 2.05) is 0 Å². The minimum atomic E-state index is -0.0985. The van der Waals surface area contributed by atoms with Crippen LogP contribution in [0.2, 0.25) is 0 Å². The van der Waals surface area contributed by atoms with Gasteiger partial charge in [0.25, 0.3) is 5.91 Å². The highest BCUT2D eigenvalue weighted by atomic mass is 32.1. The zero-order valence-corrected chi connectivity index (χ0v) is 16.0. The number of amides is 1. The van der Waals surface area contributed by atoms with Crippen molar-refractivity contribution in [1.82, 2.24) is 19.9 Å². The molecule has 136 valence electrons. The van der Waals surface area contributed by atoms with Gasteiger partial charge in [0.05, 0.1) is 13.1 Å². The molecule has 1 aliphatic rings. The number of piperazine rings is 1. The number of hydrogen-bond donors (Lipinski definition) is 0. The summed E-state index contributed by atoms with van der Waals surface area (Å²) in [6.07, 6.45) is 0. The summed E-state index contributed by atoms with van der Waals surface area (Å²) < 4.78 is 5.40. The maximum absolute atomic E-state index is 12.6. The van der Waals surface area contributed by atoms with Gasteiger partial charge in [-0.25, -0.2) is 0 Å². The number of hydrogen-bond acceptors (Lipinski definition) is 6. The van der Waals surface area contributed by atoms with Gasteiger partial charge in [-0.2, -0.15) is 0 Å². The van der Waals surface area contributed by atoms with Gasteiger partial charge in [-0.05, 0) is 30.5 Å². The summed E-state index contributed by atoms with van der Waals surface area (Å²) in [4.78, 5) is 20.2. The number of carbonyl (C=O) groups is 1. The van der Waals surface area contributed by atoms with E-state index < -0.39 is 0 Å². The van der Waals surface area contributed by atoms with E-state index in [0.29, 0.717) is 18.8 Å². The quantitative estimate of drug-likeness (QED) is 0.790. The molecular weight excluding hydrogens is 336 g/mol. The minimum absolute atomic E-state index is 0.0985. The number of likely N-dealkylation sites (N-methyl/N-ethyl adjacent to an activating group) is 1. The summed E-state index contributed by atoms with van der Waals surface area (Å²) in [5, 5.41) is 6.04. The first kappa shape index (κ1) is 18.1. The van der Waals surface area contributed by atoms with Gasteiger partial charge in [0.1, 0.15) is 0 Å². The molecular formula is C18H26N4O2S. The molecule has 0 atom stereocenters. The fourth-order valence-electron chi connectivity index (χ4n) is 3.02. The first-order valence-corrected chi connectivity index (χ1v) is 9.63. The lowest BCUT2D eigenvalue weighted by Gasteiger charge is -2.33. The summed E-state index contributed by atoms with van der Waals surface area (Å²) in [5.74, 6) is 0.660. The van der Waals surface area contributed by atoms with E-state index in [9.17, 15) is 4.79 Å². The second-order valence-electron chi connectivity index (χ2n) is 6.58. The van der Waals surface area contributed by atoms with Crippen molar-refractivity contribution in [2.24, 2.45) is 0 Å². The molecule has 0 bridgehead atoms. The van der Waals surface area contributed by atoms with Crippen molar-refractivity contribution in [3.63, 3.8) is 0 Å². The molecule has 3 heterocycles. The molecule has 0 radical (unpaired) electrons. The van der Waals surface area contributed by atoms with Crippen molar-refractivity contribution < 1.29 is 9.32 Å². The third kappa shape index (κ3) is 4.48. The molecule has 0 spiro atoms. The smallest absolute Gasteiger partial charge is 0.276 e. The average Bonchev–Trinajstić information content (AvgIpc) is 3.24. The van der Waals surface area contributed by atoms with Crippen molar-refractivity contribution in [3.05, 3.63) is 39.4 Å². The van der Waals surface area contributed by atoms with Gasteiger partial charge in [-0.1, -0.05) is 12.1 Å². The van der Waals surface area contributed by atoms with Gasteiger partial charge >= 0.3 is 0 Å². The first-order valence-electron chi connectivity index (χ1n) is 8.75. The van der Waals surface area contributed by atoms with Crippen LogP contribution in [0.5, 0.6) is 0 Å². The molecule has 1 aliphatic heterocycles. The average molecular weight is 362 g/mol. The number of carbonyl (C=O) groups excluding carboxylic acids is 1. The number of aromatic nitrogens is 1. The molecule has 25 heavy (non-hydrogen) atoms. The third-order valence-corrected chi connectivity index (χ3v) is 5.77. The van der Waals surface area contributed by atoms with Crippen LogP contribution in [0.4, 0.5) is 0 Å². The number of thiophene rings is 1. The van der Waals surface area contributed by atoms with Crippen molar-refractivity contribution in [2.75, 3.05) is 39.8 Å². The first-order chi connectivity index (χ1) is 12.1. The van der Waals surface area contributed by atoms with Gasteiger partial charge < -0.3 is 14.3 Å². The lowest BCUT2D eigenvalue weighted by molar-refractivity contribution is 0.0775. The predicted molar refractivity (Wildman–Crippen MR) is 98.7 cm³/mol. The number of aryl methyl sites for hydroxylation is 1. The van der Waals surface area contributed by atoms with Gasteiger partial charge in [-0.3, -0.25) is 9.69 Å². The highest BCUT2D eigenvalue weighted by molar-refractivity contribution is 7.10. The summed E-state index contributed by atoms with van der Waals surface area (Å²) in [6.45, 7) is 10.9. The Labute approximate surface area is 153 Å². The van der Waals surface area contributed by atoms with E-state index in [1.54, 1.807) is 29.4 Å². The number of rotatable bonds is 6. The van der Waals surface area contributed by atoms with Gasteiger partial charge in [-0.15, -0.1) is 11.3 Å². The lowest BCUT2D eigenvalue weighted by atomic mass is 10.2.